The Balaban J connectivity index is 2.01. The van der Waals surface area contributed by atoms with Gasteiger partial charge in [-0.25, -0.2) is 28.6 Å². The minimum absolute atomic E-state index is 0.0751. The molecule has 3 aromatic rings. The maximum Gasteiger partial charge on any atom is 0.501 e. The second-order valence-electron chi connectivity index (χ2n) is 8.88. The van der Waals surface area contributed by atoms with Gasteiger partial charge in [-0.15, -0.1) is 0 Å². The minimum Gasteiger partial charge on any atom is -0.226 e. The zero-order valence-electron chi connectivity index (χ0n) is 19.5. The van der Waals surface area contributed by atoms with Crippen molar-refractivity contribution in [1.29, 1.82) is 10.5 Å². The van der Waals surface area contributed by atoms with Crippen LogP contribution in [0.4, 0.5) is 13.2 Å². The average Bonchev–Trinajstić information content (AvgIpc) is 3.43. The molecule has 0 unspecified atom stereocenters. The van der Waals surface area contributed by atoms with Gasteiger partial charge in [0, 0.05) is 5.22 Å². The molecule has 0 heterocycles. The number of fused-ring (bicyclic) bond motifs is 6. The predicted molar refractivity (Wildman–Crippen MR) is 131 cm³/mol. The first-order valence-corrected chi connectivity index (χ1v) is 12.5. The van der Waals surface area contributed by atoms with Gasteiger partial charge in [0.05, 0.1) is 30.2 Å². The Hall–Kier alpha value is -4.90. The van der Waals surface area contributed by atoms with Crippen LogP contribution in [0.2, 0.25) is 0 Å². The zero-order chi connectivity index (χ0) is 27.6. The average molecular weight is 526 g/mol. The van der Waals surface area contributed by atoms with Gasteiger partial charge in [0.2, 0.25) is 0 Å². The highest BCUT2D eigenvalue weighted by Crippen LogP contribution is 2.42. The summed E-state index contributed by atoms with van der Waals surface area (Å²) in [5, 5.41) is 20.3. The van der Waals surface area contributed by atoms with Crippen molar-refractivity contribution in [3.8, 4) is 34.4 Å². The van der Waals surface area contributed by atoms with Crippen LogP contribution < -0.4 is 10.4 Å². The van der Waals surface area contributed by atoms with Gasteiger partial charge in [0.25, 0.3) is 21.2 Å². The van der Waals surface area contributed by atoms with E-state index in [2.05, 4.69) is 9.69 Å². The van der Waals surface area contributed by atoms with Crippen LogP contribution in [0.5, 0.6) is 0 Å². The molecule has 0 N–H and O–H groups in total. The molecule has 0 radical (unpaired) electrons. The maximum absolute atomic E-state index is 13.3. The summed E-state index contributed by atoms with van der Waals surface area (Å²) >= 11 is 0. The molecule has 0 saturated heterocycles. The van der Waals surface area contributed by atoms with Crippen molar-refractivity contribution in [2.45, 2.75) is 30.2 Å². The summed E-state index contributed by atoms with van der Waals surface area (Å²) in [5.41, 5.74) is -0.948. The van der Waals surface area contributed by atoms with E-state index in [4.69, 9.17) is 13.1 Å². The molecule has 0 aliphatic heterocycles. The van der Waals surface area contributed by atoms with E-state index in [-0.39, 0.29) is 28.6 Å². The summed E-state index contributed by atoms with van der Waals surface area (Å²) in [6.45, 7) is 17.2. The lowest BCUT2D eigenvalue weighted by molar-refractivity contribution is -0.0436. The third kappa shape index (κ3) is 3.32. The molecule has 0 amide bonds. The van der Waals surface area contributed by atoms with Gasteiger partial charge in [-0.2, -0.15) is 13.2 Å². The number of nitriles is 2. The molecule has 0 saturated carbocycles. The fourth-order valence-electron chi connectivity index (χ4n) is 5.36. The highest BCUT2D eigenvalue weighted by atomic mass is 32.2. The SMILES string of the molecule is [C-]#[N+]/C(C#N)=c1\c2c(/c(=C(/C#N)[N+]#[C-])c3c1Cc1cc(S(=O)(=O)C(F)(F)F)ccc1-3)-c1ccc(C)cc1C2. The van der Waals surface area contributed by atoms with E-state index in [0.717, 1.165) is 28.8 Å². The topological polar surface area (TPSA) is 90.4 Å². The number of benzene rings is 3. The molecule has 5 rings (SSSR count). The molecule has 2 aliphatic rings. The minimum atomic E-state index is -5.62. The lowest BCUT2D eigenvalue weighted by Gasteiger charge is -2.13. The standard InChI is InChI=1S/C28H13F3N4O2S/c1-14-4-6-18-15(8-14)10-20-24(22(12-32)34-2)21-11-16-9-17(38(36,37)28(29,30)31)5-7-19(16)26(21)27(25(18)20)23(13-33)35-3/h4-9H,10-11H2,1H3/b24-22+,27-23+. The van der Waals surface area contributed by atoms with Crippen molar-refractivity contribution in [3.63, 3.8) is 0 Å². The molecule has 2 aliphatic carbocycles. The summed E-state index contributed by atoms with van der Waals surface area (Å²) in [6.07, 6.45) is 0.248. The van der Waals surface area contributed by atoms with Gasteiger partial charge < -0.3 is 0 Å². The normalized spacial score (nSPS) is 14.5. The summed E-state index contributed by atoms with van der Waals surface area (Å²) in [7, 11) is -5.62. The van der Waals surface area contributed by atoms with Gasteiger partial charge in [-0.05, 0) is 81.6 Å². The molecule has 0 spiro atoms. The molecule has 3 aromatic carbocycles. The van der Waals surface area contributed by atoms with E-state index >= 15 is 0 Å². The van der Waals surface area contributed by atoms with E-state index in [1.54, 1.807) is 0 Å². The number of halogens is 3. The van der Waals surface area contributed by atoms with E-state index in [1.165, 1.54) is 6.07 Å². The third-order valence-electron chi connectivity index (χ3n) is 6.84. The Morgan fingerprint density at radius 1 is 0.868 bits per heavy atom. The fraction of sp³-hybridized carbons (Fsp3) is 0.143. The summed E-state index contributed by atoms with van der Waals surface area (Å²) in [5.74, 6) is 0. The van der Waals surface area contributed by atoms with Gasteiger partial charge >= 0.3 is 5.51 Å². The van der Waals surface area contributed by atoms with Crippen LogP contribution in [-0.4, -0.2) is 13.9 Å². The predicted octanol–water partition coefficient (Wildman–Crippen LogP) is 4.53. The number of aryl methyl sites for hydroxylation is 1. The fourth-order valence-corrected chi connectivity index (χ4v) is 6.17. The van der Waals surface area contributed by atoms with Crippen LogP contribution in [0, 0.1) is 42.7 Å². The maximum atomic E-state index is 13.3. The number of nitrogens with zero attached hydrogens (tertiary/aromatic N) is 4. The molecule has 38 heavy (non-hydrogen) atoms. The number of sulfone groups is 1. The first kappa shape index (κ1) is 24.8. The van der Waals surface area contributed by atoms with Crippen LogP contribution in [-0.2, 0) is 22.7 Å². The Labute approximate surface area is 215 Å². The molecular weight excluding hydrogens is 513 g/mol. The van der Waals surface area contributed by atoms with E-state index in [0.29, 0.717) is 39.5 Å². The number of alkyl halides is 3. The lowest BCUT2D eigenvalue weighted by atomic mass is 9.90. The quantitative estimate of drug-likeness (QED) is 0.300. The number of rotatable bonds is 1. The van der Waals surface area contributed by atoms with Crippen molar-refractivity contribution in [1.82, 2.24) is 0 Å². The van der Waals surface area contributed by atoms with Crippen molar-refractivity contribution < 1.29 is 21.6 Å². The molecule has 0 aromatic heterocycles. The molecule has 0 fully saturated rings. The van der Waals surface area contributed by atoms with Gasteiger partial charge in [0.1, 0.15) is 0 Å². The van der Waals surface area contributed by atoms with Crippen LogP contribution in [0.25, 0.3) is 43.3 Å². The molecular formula is C28H13F3N4O2S. The van der Waals surface area contributed by atoms with E-state index in [1.807, 2.05) is 37.3 Å². The molecule has 0 atom stereocenters. The molecule has 0 bridgehead atoms. The Bertz CT molecular complexity index is 2000. The Morgan fingerprint density at radius 3 is 1.87 bits per heavy atom. The molecule has 184 valence electrons. The zero-order valence-corrected chi connectivity index (χ0v) is 20.3. The second kappa shape index (κ2) is 8.32. The summed E-state index contributed by atoms with van der Waals surface area (Å²) < 4.78 is 63.9. The lowest BCUT2D eigenvalue weighted by Crippen LogP contribution is -2.25. The first-order valence-electron chi connectivity index (χ1n) is 11.0. The van der Waals surface area contributed by atoms with Crippen molar-refractivity contribution in [2.24, 2.45) is 0 Å². The van der Waals surface area contributed by atoms with Crippen molar-refractivity contribution in [3.05, 3.63) is 97.5 Å². The third-order valence-corrected chi connectivity index (χ3v) is 8.33. The number of hydrogen-bond acceptors (Lipinski definition) is 4. The van der Waals surface area contributed by atoms with Crippen molar-refractivity contribution >= 4 is 21.2 Å². The van der Waals surface area contributed by atoms with Gasteiger partial charge in [0.15, 0.2) is 0 Å². The number of hydrogen-bond donors (Lipinski definition) is 0. The van der Waals surface area contributed by atoms with E-state index < -0.39 is 20.2 Å². The monoisotopic (exact) mass is 526 g/mol. The highest BCUT2D eigenvalue weighted by molar-refractivity contribution is 7.92. The summed E-state index contributed by atoms with van der Waals surface area (Å²) in [6, 6.07) is 12.5. The molecule has 10 heteroatoms. The highest BCUT2D eigenvalue weighted by Gasteiger charge is 2.47. The Kier molecular flexibility index (Phi) is 5.42. The smallest absolute Gasteiger partial charge is 0.226 e. The van der Waals surface area contributed by atoms with Gasteiger partial charge in [-0.1, -0.05) is 29.8 Å². The van der Waals surface area contributed by atoms with Crippen LogP contribution in [0.1, 0.15) is 27.8 Å². The van der Waals surface area contributed by atoms with E-state index in [9.17, 15) is 32.1 Å². The van der Waals surface area contributed by atoms with Crippen LogP contribution >= 0.6 is 0 Å². The van der Waals surface area contributed by atoms with Crippen LogP contribution in [0.3, 0.4) is 0 Å². The van der Waals surface area contributed by atoms with Crippen LogP contribution in [0.15, 0.2) is 41.3 Å². The first-order chi connectivity index (χ1) is 18.0. The molecule has 6 nitrogen and oxygen atoms in total. The summed E-state index contributed by atoms with van der Waals surface area (Å²) in [4.78, 5) is 5.90. The van der Waals surface area contributed by atoms with Gasteiger partial charge in [-0.3, -0.25) is 0 Å². The second-order valence-corrected chi connectivity index (χ2v) is 10.8. The van der Waals surface area contributed by atoms with Crippen molar-refractivity contribution in [2.75, 3.05) is 0 Å². The largest absolute Gasteiger partial charge is 0.501 e. The Morgan fingerprint density at radius 2 is 1.37 bits per heavy atom.